The number of piperidine rings is 1. The molecule has 0 radical (unpaired) electrons. The maximum atomic E-state index is 4.71. The van der Waals surface area contributed by atoms with Crippen LogP contribution in [0.25, 0.3) is 0 Å². The Labute approximate surface area is 190 Å². The molecule has 0 amide bonds. The van der Waals surface area contributed by atoms with Crippen LogP contribution in [0.2, 0.25) is 0 Å². The Morgan fingerprint density at radius 1 is 1.00 bits per heavy atom. The first kappa shape index (κ1) is 21.2. The van der Waals surface area contributed by atoms with Gasteiger partial charge >= 0.3 is 0 Å². The maximum absolute atomic E-state index is 4.71. The largest absolute Gasteiger partial charge is 0.297 e. The Hall–Kier alpha value is -2.64. The summed E-state index contributed by atoms with van der Waals surface area (Å²) in [6.45, 7) is 4.01. The molecule has 2 aliphatic rings. The molecule has 168 valence electrons. The zero-order valence-corrected chi connectivity index (χ0v) is 19.0. The average Bonchev–Trinajstić information content (AvgIpc) is 3.27. The van der Waals surface area contributed by atoms with Crippen LogP contribution in [-0.2, 0) is 25.9 Å². The van der Waals surface area contributed by atoms with Crippen molar-refractivity contribution >= 4 is 0 Å². The summed E-state index contributed by atoms with van der Waals surface area (Å²) in [5.41, 5.74) is 6.02. The lowest BCUT2D eigenvalue weighted by Gasteiger charge is -2.32. The maximum Gasteiger partial charge on any atom is 0.0996 e. The molecule has 1 atom stereocenters. The smallest absolute Gasteiger partial charge is 0.0996 e. The van der Waals surface area contributed by atoms with Gasteiger partial charge in [0.15, 0.2) is 0 Å². The molecular formula is C25H33N7. The van der Waals surface area contributed by atoms with Crippen LogP contribution in [0, 0.1) is 5.92 Å². The molecule has 3 aromatic rings. The second kappa shape index (κ2) is 9.88. The van der Waals surface area contributed by atoms with Gasteiger partial charge in [-0.1, -0.05) is 12.1 Å². The molecule has 1 unspecified atom stereocenters. The van der Waals surface area contributed by atoms with Gasteiger partial charge in [0.05, 0.1) is 28.8 Å². The molecule has 0 bridgehead atoms. The highest BCUT2D eigenvalue weighted by Gasteiger charge is 2.27. The van der Waals surface area contributed by atoms with E-state index in [2.05, 4.69) is 61.5 Å². The SMILES string of the molecule is CN(Cc1n[nH]nc1CC1CCN(Cc2ccccn2)CC1)C1CCCc2cccnc21. The summed E-state index contributed by atoms with van der Waals surface area (Å²) in [5.74, 6) is 0.668. The van der Waals surface area contributed by atoms with E-state index < -0.39 is 0 Å². The summed E-state index contributed by atoms with van der Waals surface area (Å²) in [7, 11) is 2.20. The monoisotopic (exact) mass is 431 g/mol. The molecule has 7 nitrogen and oxygen atoms in total. The Bertz CT molecular complexity index is 994. The lowest BCUT2D eigenvalue weighted by atomic mass is 9.90. The van der Waals surface area contributed by atoms with Gasteiger partial charge in [-0.25, -0.2) is 0 Å². The number of H-pyrrole nitrogens is 1. The summed E-state index contributed by atoms with van der Waals surface area (Å²) in [6.07, 6.45) is 10.7. The standard InChI is InChI=1S/C25H33N7/c1-31(24-9-4-6-20-7-5-13-27-25(20)24)18-23-22(28-30-29-23)16-19-10-14-32(15-11-19)17-21-8-2-3-12-26-21/h2-3,5,7-8,12-13,19,24H,4,6,9-11,14-18H2,1H3,(H,28,29,30). The highest BCUT2D eigenvalue weighted by Crippen LogP contribution is 2.33. The molecule has 0 saturated carbocycles. The molecule has 1 fully saturated rings. The zero-order chi connectivity index (χ0) is 21.8. The second-order valence-electron chi connectivity index (χ2n) is 9.33. The van der Waals surface area contributed by atoms with Gasteiger partial charge in [0.1, 0.15) is 0 Å². The molecule has 1 aliphatic heterocycles. The van der Waals surface area contributed by atoms with E-state index in [0.29, 0.717) is 12.0 Å². The number of aromatic nitrogens is 5. The minimum Gasteiger partial charge on any atom is -0.297 e. The van der Waals surface area contributed by atoms with Crippen molar-refractivity contribution in [1.29, 1.82) is 0 Å². The number of nitrogens with one attached hydrogen (secondary N) is 1. The van der Waals surface area contributed by atoms with E-state index in [0.717, 1.165) is 62.5 Å². The summed E-state index contributed by atoms with van der Waals surface area (Å²) >= 11 is 0. The predicted octanol–water partition coefficient (Wildman–Crippen LogP) is 3.56. The third kappa shape index (κ3) is 4.89. The van der Waals surface area contributed by atoms with Crippen molar-refractivity contribution in [3.8, 4) is 0 Å². The van der Waals surface area contributed by atoms with Crippen molar-refractivity contribution in [3.05, 3.63) is 71.1 Å². The van der Waals surface area contributed by atoms with Crippen molar-refractivity contribution in [3.63, 3.8) is 0 Å². The minimum atomic E-state index is 0.360. The van der Waals surface area contributed by atoms with Crippen LogP contribution in [0.4, 0.5) is 0 Å². The molecular weight excluding hydrogens is 398 g/mol. The number of fused-ring (bicyclic) bond motifs is 1. The van der Waals surface area contributed by atoms with E-state index >= 15 is 0 Å². The quantitative estimate of drug-likeness (QED) is 0.617. The van der Waals surface area contributed by atoms with E-state index in [9.17, 15) is 0 Å². The van der Waals surface area contributed by atoms with Crippen molar-refractivity contribution in [1.82, 2.24) is 35.2 Å². The van der Waals surface area contributed by atoms with Gasteiger partial charge in [0.25, 0.3) is 0 Å². The highest BCUT2D eigenvalue weighted by molar-refractivity contribution is 5.25. The van der Waals surface area contributed by atoms with E-state index in [1.807, 2.05) is 18.5 Å². The molecule has 5 rings (SSSR count). The molecule has 32 heavy (non-hydrogen) atoms. The Balaban J connectivity index is 1.16. The van der Waals surface area contributed by atoms with Crippen LogP contribution in [0.15, 0.2) is 42.7 Å². The number of pyridine rings is 2. The third-order valence-electron chi connectivity index (χ3n) is 7.10. The zero-order valence-electron chi connectivity index (χ0n) is 19.0. The average molecular weight is 432 g/mol. The molecule has 7 heteroatoms. The topological polar surface area (TPSA) is 73.8 Å². The molecule has 1 saturated heterocycles. The van der Waals surface area contributed by atoms with Gasteiger partial charge in [0.2, 0.25) is 0 Å². The second-order valence-corrected chi connectivity index (χ2v) is 9.33. The molecule has 0 spiro atoms. The number of nitrogens with zero attached hydrogens (tertiary/aromatic N) is 6. The van der Waals surface area contributed by atoms with Crippen LogP contribution < -0.4 is 0 Å². The lowest BCUT2D eigenvalue weighted by Crippen LogP contribution is -2.34. The molecule has 0 aromatic carbocycles. The van der Waals surface area contributed by atoms with E-state index in [4.69, 9.17) is 4.98 Å². The molecule has 1 aliphatic carbocycles. The number of hydrogen-bond donors (Lipinski definition) is 1. The van der Waals surface area contributed by atoms with Crippen molar-refractivity contribution in [2.24, 2.45) is 5.92 Å². The van der Waals surface area contributed by atoms with Gasteiger partial charge in [0, 0.05) is 25.5 Å². The first-order valence-electron chi connectivity index (χ1n) is 11.9. The van der Waals surface area contributed by atoms with Crippen LogP contribution in [-0.4, -0.2) is 55.3 Å². The Morgan fingerprint density at radius 3 is 2.69 bits per heavy atom. The number of aryl methyl sites for hydroxylation is 1. The Morgan fingerprint density at radius 2 is 1.84 bits per heavy atom. The van der Waals surface area contributed by atoms with E-state index in [1.54, 1.807) is 0 Å². The fourth-order valence-electron chi connectivity index (χ4n) is 5.27. The highest BCUT2D eigenvalue weighted by atomic mass is 15.3. The normalized spacial score (nSPS) is 19.9. The van der Waals surface area contributed by atoms with Gasteiger partial charge in [-0.05, 0) is 88.3 Å². The number of likely N-dealkylation sites (tertiary alicyclic amines) is 1. The first-order chi connectivity index (χ1) is 15.8. The van der Waals surface area contributed by atoms with Crippen molar-refractivity contribution < 1.29 is 0 Å². The van der Waals surface area contributed by atoms with Crippen molar-refractivity contribution in [2.45, 2.75) is 57.7 Å². The number of hydrogen-bond acceptors (Lipinski definition) is 6. The predicted molar refractivity (Wildman–Crippen MR) is 124 cm³/mol. The van der Waals surface area contributed by atoms with Crippen LogP contribution in [0.3, 0.4) is 0 Å². The summed E-state index contributed by atoms with van der Waals surface area (Å²) in [6, 6.07) is 10.8. The Kier molecular flexibility index (Phi) is 6.55. The lowest BCUT2D eigenvalue weighted by molar-refractivity contribution is 0.174. The van der Waals surface area contributed by atoms with Gasteiger partial charge in [-0.3, -0.25) is 19.8 Å². The third-order valence-corrected chi connectivity index (χ3v) is 7.10. The fourth-order valence-corrected chi connectivity index (χ4v) is 5.27. The molecule has 1 N–H and O–H groups in total. The van der Waals surface area contributed by atoms with Gasteiger partial charge < -0.3 is 0 Å². The van der Waals surface area contributed by atoms with Crippen LogP contribution in [0.5, 0.6) is 0 Å². The minimum absolute atomic E-state index is 0.360. The van der Waals surface area contributed by atoms with Crippen molar-refractivity contribution in [2.75, 3.05) is 20.1 Å². The van der Waals surface area contributed by atoms with Gasteiger partial charge in [-0.2, -0.15) is 15.4 Å². The number of aromatic amines is 1. The number of rotatable bonds is 7. The summed E-state index contributed by atoms with van der Waals surface area (Å²) in [5, 5.41) is 12.0. The molecule has 3 aromatic heterocycles. The summed E-state index contributed by atoms with van der Waals surface area (Å²) in [4.78, 5) is 14.1. The fraction of sp³-hybridized carbons (Fsp3) is 0.520. The van der Waals surface area contributed by atoms with Crippen LogP contribution in [0.1, 0.15) is 60.1 Å². The molecule has 4 heterocycles. The van der Waals surface area contributed by atoms with Crippen LogP contribution >= 0.6 is 0 Å². The van der Waals surface area contributed by atoms with E-state index in [1.165, 1.54) is 30.5 Å². The van der Waals surface area contributed by atoms with E-state index in [-0.39, 0.29) is 0 Å². The first-order valence-corrected chi connectivity index (χ1v) is 11.9. The summed E-state index contributed by atoms with van der Waals surface area (Å²) < 4.78 is 0. The van der Waals surface area contributed by atoms with Gasteiger partial charge in [-0.15, -0.1) is 0 Å².